The lowest BCUT2D eigenvalue weighted by molar-refractivity contribution is 0.0542. The Labute approximate surface area is 136 Å². The number of carbonyl (C=O) groups is 1. The molecule has 1 saturated heterocycles. The Morgan fingerprint density at radius 3 is 2.55 bits per heavy atom. The minimum atomic E-state index is 0.0769. The lowest BCUT2D eigenvalue weighted by Gasteiger charge is -2.30. The van der Waals surface area contributed by atoms with Crippen molar-refractivity contribution in [1.82, 2.24) is 10.2 Å². The molecule has 2 fully saturated rings. The number of urea groups is 1. The zero-order chi connectivity index (χ0) is 16.1. The van der Waals surface area contributed by atoms with Gasteiger partial charge in [0.05, 0.1) is 6.10 Å². The zero-order valence-electron chi connectivity index (χ0n) is 14.8. The van der Waals surface area contributed by atoms with E-state index >= 15 is 0 Å². The molecule has 2 atom stereocenters. The summed E-state index contributed by atoms with van der Waals surface area (Å²) in [6, 6.07) is 0.0769. The lowest BCUT2D eigenvalue weighted by atomic mass is 9.83. The molecule has 2 rings (SSSR count). The summed E-state index contributed by atoms with van der Waals surface area (Å²) in [5.74, 6) is 2.54. The number of nitrogens with one attached hydrogen (secondary N) is 1. The van der Waals surface area contributed by atoms with Gasteiger partial charge in [-0.05, 0) is 37.0 Å². The molecule has 0 spiro atoms. The van der Waals surface area contributed by atoms with Crippen molar-refractivity contribution in [3.63, 3.8) is 0 Å². The molecule has 1 heterocycles. The molecular formula is C18H34N2O2. The Bertz CT molecular complexity index is 351. The van der Waals surface area contributed by atoms with E-state index in [1.807, 2.05) is 11.9 Å². The van der Waals surface area contributed by atoms with Crippen molar-refractivity contribution in [1.29, 1.82) is 0 Å². The van der Waals surface area contributed by atoms with Crippen LogP contribution in [0.25, 0.3) is 0 Å². The minimum Gasteiger partial charge on any atom is -0.378 e. The number of hydrogen-bond donors (Lipinski definition) is 1. The van der Waals surface area contributed by atoms with Gasteiger partial charge in [0.25, 0.3) is 0 Å². The molecule has 2 aliphatic rings. The van der Waals surface area contributed by atoms with Gasteiger partial charge < -0.3 is 15.0 Å². The van der Waals surface area contributed by atoms with Crippen LogP contribution in [0.5, 0.6) is 0 Å². The topological polar surface area (TPSA) is 41.6 Å². The fourth-order valence-corrected chi connectivity index (χ4v) is 3.95. The normalized spacial score (nSPS) is 32.2. The molecule has 0 radical (unpaired) electrons. The smallest absolute Gasteiger partial charge is 0.317 e. The van der Waals surface area contributed by atoms with Crippen molar-refractivity contribution in [2.75, 3.05) is 26.7 Å². The molecule has 1 aliphatic heterocycles. The molecule has 22 heavy (non-hydrogen) atoms. The summed E-state index contributed by atoms with van der Waals surface area (Å²) >= 11 is 0. The summed E-state index contributed by atoms with van der Waals surface area (Å²) in [5, 5.41) is 3.11. The maximum Gasteiger partial charge on any atom is 0.317 e. The highest BCUT2D eigenvalue weighted by atomic mass is 16.5. The number of hydrogen-bond acceptors (Lipinski definition) is 2. The van der Waals surface area contributed by atoms with Crippen LogP contribution in [0.3, 0.4) is 0 Å². The van der Waals surface area contributed by atoms with Crippen LogP contribution in [0.4, 0.5) is 4.79 Å². The van der Waals surface area contributed by atoms with E-state index in [1.54, 1.807) is 0 Å². The van der Waals surface area contributed by atoms with Crippen LogP contribution in [0.1, 0.15) is 52.9 Å². The summed E-state index contributed by atoms with van der Waals surface area (Å²) in [7, 11) is 1.93. The SMILES string of the molecule is CC1CCC(CN(C)C(=O)NC[C@H]2CCO[C@@H]2C(C)C)CC1. The van der Waals surface area contributed by atoms with Crippen molar-refractivity contribution in [3.05, 3.63) is 0 Å². The molecule has 128 valence electrons. The number of amides is 2. The van der Waals surface area contributed by atoms with E-state index < -0.39 is 0 Å². The molecule has 1 aliphatic carbocycles. The van der Waals surface area contributed by atoms with Gasteiger partial charge in [-0.25, -0.2) is 4.79 Å². The number of rotatable bonds is 5. The highest BCUT2D eigenvalue weighted by molar-refractivity contribution is 5.73. The van der Waals surface area contributed by atoms with Crippen LogP contribution in [0, 0.1) is 23.7 Å². The van der Waals surface area contributed by atoms with Crippen molar-refractivity contribution in [3.8, 4) is 0 Å². The second kappa shape index (κ2) is 8.19. The number of nitrogens with zero attached hydrogens (tertiary/aromatic N) is 1. The van der Waals surface area contributed by atoms with E-state index in [4.69, 9.17) is 4.74 Å². The third-order valence-corrected chi connectivity index (χ3v) is 5.45. The first-order valence-corrected chi connectivity index (χ1v) is 9.08. The second-order valence-electron chi connectivity index (χ2n) is 7.82. The summed E-state index contributed by atoms with van der Waals surface area (Å²) in [4.78, 5) is 14.2. The quantitative estimate of drug-likeness (QED) is 0.844. The second-order valence-corrected chi connectivity index (χ2v) is 7.82. The Morgan fingerprint density at radius 1 is 1.23 bits per heavy atom. The van der Waals surface area contributed by atoms with E-state index in [-0.39, 0.29) is 6.03 Å². The van der Waals surface area contributed by atoms with Crippen LogP contribution in [0.2, 0.25) is 0 Å². The molecule has 0 aromatic carbocycles. The maximum absolute atomic E-state index is 12.3. The Kier molecular flexibility index (Phi) is 6.54. The Hall–Kier alpha value is -0.770. The van der Waals surface area contributed by atoms with E-state index in [9.17, 15) is 4.79 Å². The molecule has 4 nitrogen and oxygen atoms in total. The molecule has 0 unspecified atom stereocenters. The predicted octanol–water partition coefficient (Wildman–Crippen LogP) is 3.52. The Morgan fingerprint density at radius 2 is 1.91 bits per heavy atom. The lowest BCUT2D eigenvalue weighted by Crippen LogP contribution is -2.43. The molecule has 0 aromatic rings. The molecule has 0 aromatic heterocycles. The van der Waals surface area contributed by atoms with Crippen LogP contribution in [0.15, 0.2) is 0 Å². The highest BCUT2D eigenvalue weighted by Gasteiger charge is 2.31. The molecule has 4 heteroatoms. The van der Waals surface area contributed by atoms with Crippen molar-refractivity contribution < 1.29 is 9.53 Å². The van der Waals surface area contributed by atoms with Gasteiger partial charge in [0, 0.05) is 32.7 Å². The molecule has 0 bridgehead atoms. The van der Waals surface area contributed by atoms with Gasteiger partial charge in [-0.15, -0.1) is 0 Å². The van der Waals surface area contributed by atoms with Gasteiger partial charge in [-0.2, -0.15) is 0 Å². The van der Waals surface area contributed by atoms with Gasteiger partial charge in [0.1, 0.15) is 0 Å². The van der Waals surface area contributed by atoms with Gasteiger partial charge in [-0.1, -0.05) is 33.6 Å². The van der Waals surface area contributed by atoms with Crippen LogP contribution < -0.4 is 5.32 Å². The van der Waals surface area contributed by atoms with Crippen LogP contribution >= 0.6 is 0 Å². The van der Waals surface area contributed by atoms with Crippen LogP contribution in [-0.2, 0) is 4.74 Å². The first kappa shape index (κ1) is 17.6. The fraction of sp³-hybridized carbons (Fsp3) is 0.944. The Balaban J connectivity index is 1.70. The summed E-state index contributed by atoms with van der Waals surface area (Å²) in [6.07, 6.45) is 6.53. The first-order chi connectivity index (χ1) is 10.5. The fourth-order valence-electron chi connectivity index (χ4n) is 3.95. The maximum atomic E-state index is 12.3. The van der Waals surface area contributed by atoms with Crippen molar-refractivity contribution in [2.24, 2.45) is 23.7 Å². The standard InChI is InChI=1S/C18H34N2O2/c1-13(2)17-16(9-10-22-17)11-19-18(21)20(4)12-15-7-5-14(3)6-8-15/h13-17H,5-12H2,1-4H3,(H,19,21)/t14?,15?,16-,17-/m1/s1. The van der Waals surface area contributed by atoms with Gasteiger partial charge in [-0.3, -0.25) is 0 Å². The van der Waals surface area contributed by atoms with Crippen LogP contribution in [-0.4, -0.2) is 43.8 Å². The van der Waals surface area contributed by atoms with E-state index in [0.29, 0.717) is 23.9 Å². The monoisotopic (exact) mass is 310 g/mol. The van der Waals surface area contributed by atoms with Crippen molar-refractivity contribution >= 4 is 6.03 Å². The van der Waals surface area contributed by atoms with E-state index in [2.05, 4.69) is 26.1 Å². The van der Waals surface area contributed by atoms with E-state index in [1.165, 1.54) is 25.7 Å². The summed E-state index contributed by atoms with van der Waals surface area (Å²) < 4.78 is 5.79. The number of carbonyl (C=O) groups excluding carboxylic acids is 1. The number of ether oxygens (including phenoxy) is 1. The first-order valence-electron chi connectivity index (χ1n) is 9.08. The van der Waals surface area contributed by atoms with Gasteiger partial charge >= 0.3 is 6.03 Å². The molecular weight excluding hydrogens is 276 g/mol. The highest BCUT2D eigenvalue weighted by Crippen LogP contribution is 2.29. The third-order valence-electron chi connectivity index (χ3n) is 5.45. The average molecular weight is 310 g/mol. The molecule has 1 N–H and O–H groups in total. The minimum absolute atomic E-state index is 0.0769. The van der Waals surface area contributed by atoms with E-state index in [0.717, 1.165) is 32.0 Å². The summed E-state index contributed by atoms with van der Waals surface area (Å²) in [6.45, 7) is 9.20. The zero-order valence-corrected chi connectivity index (χ0v) is 14.8. The summed E-state index contributed by atoms with van der Waals surface area (Å²) in [5.41, 5.74) is 0. The van der Waals surface area contributed by atoms with Gasteiger partial charge in [0.2, 0.25) is 0 Å². The van der Waals surface area contributed by atoms with Gasteiger partial charge in [0.15, 0.2) is 0 Å². The molecule has 1 saturated carbocycles. The average Bonchev–Trinajstić information content (AvgIpc) is 2.95. The predicted molar refractivity (Wildman–Crippen MR) is 89.8 cm³/mol. The molecule has 2 amide bonds. The largest absolute Gasteiger partial charge is 0.378 e. The van der Waals surface area contributed by atoms with Crippen molar-refractivity contribution in [2.45, 2.75) is 59.0 Å². The third kappa shape index (κ3) is 4.87.